The molecule has 8 heavy (non-hydrogen) atoms. The van der Waals surface area contributed by atoms with Crippen molar-refractivity contribution in [2.45, 2.75) is 25.7 Å². The second kappa shape index (κ2) is 1.15. The number of rotatable bonds is 2. The van der Waals surface area contributed by atoms with Crippen LogP contribution in [-0.2, 0) is 4.79 Å². The Morgan fingerprint density at radius 3 is 2.12 bits per heavy atom. The average Bonchev–Trinajstić information content (AvgIpc) is 2.63. The van der Waals surface area contributed by atoms with Crippen molar-refractivity contribution in [1.82, 2.24) is 0 Å². The van der Waals surface area contributed by atoms with E-state index in [9.17, 15) is 4.79 Å². The molecule has 0 atom stereocenters. The summed E-state index contributed by atoms with van der Waals surface area (Å²) in [6.07, 6.45) is 6.18. The third kappa shape index (κ3) is 0.445. The van der Waals surface area contributed by atoms with Crippen LogP contribution in [0.5, 0.6) is 0 Å². The SMILES string of the molecule is O=CC1(C2CC2)CC1. The van der Waals surface area contributed by atoms with Gasteiger partial charge in [0.15, 0.2) is 0 Å². The van der Waals surface area contributed by atoms with Crippen molar-refractivity contribution < 1.29 is 4.79 Å². The molecule has 0 aromatic heterocycles. The summed E-state index contributed by atoms with van der Waals surface area (Å²) < 4.78 is 0. The van der Waals surface area contributed by atoms with Gasteiger partial charge in [0.05, 0.1) is 0 Å². The molecule has 44 valence electrons. The predicted molar refractivity (Wildman–Crippen MR) is 30.5 cm³/mol. The Bertz CT molecular complexity index is 120. The molecule has 2 aliphatic rings. The molecular formula is C7H10O. The van der Waals surface area contributed by atoms with Crippen LogP contribution < -0.4 is 0 Å². The van der Waals surface area contributed by atoms with Crippen molar-refractivity contribution in [3.8, 4) is 0 Å². The fourth-order valence-electron chi connectivity index (χ4n) is 1.42. The summed E-state index contributed by atoms with van der Waals surface area (Å²) in [5.74, 6) is 0.806. The van der Waals surface area contributed by atoms with Gasteiger partial charge >= 0.3 is 0 Å². The second-order valence-electron chi connectivity index (χ2n) is 3.13. The molecule has 0 N–H and O–H groups in total. The molecule has 0 amide bonds. The zero-order valence-electron chi connectivity index (χ0n) is 4.89. The quantitative estimate of drug-likeness (QED) is 0.491. The van der Waals surface area contributed by atoms with Crippen molar-refractivity contribution >= 4 is 6.29 Å². The molecule has 2 fully saturated rings. The lowest BCUT2D eigenvalue weighted by Gasteiger charge is -1.98. The monoisotopic (exact) mass is 110 g/mol. The van der Waals surface area contributed by atoms with Crippen LogP contribution in [0, 0.1) is 11.3 Å². The van der Waals surface area contributed by atoms with Crippen LogP contribution in [0.3, 0.4) is 0 Å². The van der Waals surface area contributed by atoms with Gasteiger partial charge in [-0.2, -0.15) is 0 Å². The molecule has 0 bridgehead atoms. The summed E-state index contributed by atoms with van der Waals surface area (Å²) in [5, 5.41) is 0. The molecular weight excluding hydrogens is 100 g/mol. The van der Waals surface area contributed by atoms with E-state index in [1.54, 1.807) is 0 Å². The minimum atomic E-state index is 0.222. The fraction of sp³-hybridized carbons (Fsp3) is 0.857. The van der Waals surface area contributed by atoms with E-state index in [1.165, 1.54) is 32.0 Å². The Balaban J connectivity index is 2.09. The highest BCUT2D eigenvalue weighted by Gasteiger charge is 2.53. The molecule has 0 aromatic rings. The standard InChI is InChI=1S/C7H10O/c8-5-7(3-4-7)6-1-2-6/h5-6H,1-4H2. The van der Waals surface area contributed by atoms with E-state index in [2.05, 4.69) is 0 Å². The van der Waals surface area contributed by atoms with Gasteiger partial charge in [-0.15, -0.1) is 0 Å². The molecule has 0 unspecified atom stereocenters. The maximum Gasteiger partial charge on any atom is 0.126 e. The van der Waals surface area contributed by atoms with E-state index in [-0.39, 0.29) is 5.41 Å². The molecule has 2 saturated carbocycles. The van der Waals surface area contributed by atoms with Gasteiger partial charge in [0.2, 0.25) is 0 Å². The number of aldehydes is 1. The van der Waals surface area contributed by atoms with Gasteiger partial charge in [0.1, 0.15) is 6.29 Å². The summed E-state index contributed by atoms with van der Waals surface area (Å²) in [6, 6.07) is 0. The Labute approximate surface area is 49.1 Å². The smallest absolute Gasteiger partial charge is 0.126 e. The van der Waals surface area contributed by atoms with Crippen molar-refractivity contribution in [3.05, 3.63) is 0 Å². The molecule has 0 aliphatic heterocycles. The third-order valence-corrected chi connectivity index (χ3v) is 2.45. The lowest BCUT2D eigenvalue weighted by molar-refractivity contribution is -0.112. The van der Waals surface area contributed by atoms with Crippen LogP contribution in [0.1, 0.15) is 25.7 Å². The summed E-state index contributed by atoms with van der Waals surface area (Å²) in [5.41, 5.74) is 0.222. The Morgan fingerprint density at radius 2 is 2.00 bits per heavy atom. The first-order valence-corrected chi connectivity index (χ1v) is 3.34. The van der Waals surface area contributed by atoms with E-state index in [4.69, 9.17) is 0 Å². The predicted octanol–water partition coefficient (Wildman–Crippen LogP) is 1.38. The van der Waals surface area contributed by atoms with Crippen LogP contribution in [0.2, 0.25) is 0 Å². The maximum absolute atomic E-state index is 10.4. The molecule has 0 aromatic carbocycles. The molecule has 0 heterocycles. The van der Waals surface area contributed by atoms with Gasteiger partial charge in [-0.05, 0) is 31.6 Å². The molecule has 0 radical (unpaired) electrons. The summed E-state index contributed by atoms with van der Waals surface area (Å²) in [7, 11) is 0. The maximum atomic E-state index is 10.4. The van der Waals surface area contributed by atoms with Crippen LogP contribution in [0.15, 0.2) is 0 Å². The first-order valence-electron chi connectivity index (χ1n) is 3.34. The van der Waals surface area contributed by atoms with Gasteiger partial charge in [-0.3, -0.25) is 0 Å². The molecule has 1 heteroatoms. The van der Waals surface area contributed by atoms with Crippen molar-refractivity contribution in [3.63, 3.8) is 0 Å². The van der Waals surface area contributed by atoms with Crippen LogP contribution in [-0.4, -0.2) is 6.29 Å². The van der Waals surface area contributed by atoms with Gasteiger partial charge < -0.3 is 4.79 Å². The highest BCUT2D eigenvalue weighted by molar-refractivity contribution is 5.64. The second-order valence-corrected chi connectivity index (χ2v) is 3.13. The van der Waals surface area contributed by atoms with E-state index in [1.807, 2.05) is 0 Å². The lowest BCUT2D eigenvalue weighted by Crippen LogP contribution is -2.02. The van der Waals surface area contributed by atoms with Crippen molar-refractivity contribution in [2.24, 2.45) is 11.3 Å². The molecule has 0 saturated heterocycles. The number of hydrogen-bond donors (Lipinski definition) is 0. The fourth-order valence-corrected chi connectivity index (χ4v) is 1.42. The first-order chi connectivity index (χ1) is 3.87. The zero-order valence-corrected chi connectivity index (χ0v) is 4.89. The van der Waals surface area contributed by atoms with Gasteiger partial charge in [-0.25, -0.2) is 0 Å². The minimum Gasteiger partial charge on any atom is -0.303 e. The van der Waals surface area contributed by atoms with Gasteiger partial charge in [-0.1, -0.05) is 0 Å². The number of hydrogen-bond acceptors (Lipinski definition) is 1. The van der Waals surface area contributed by atoms with Crippen LogP contribution >= 0.6 is 0 Å². The summed E-state index contributed by atoms with van der Waals surface area (Å²) in [6.45, 7) is 0. The topological polar surface area (TPSA) is 17.1 Å². The van der Waals surface area contributed by atoms with Gasteiger partial charge in [0, 0.05) is 5.41 Å². The normalized spacial score (nSPS) is 32.0. The summed E-state index contributed by atoms with van der Waals surface area (Å²) in [4.78, 5) is 10.4. The van der Waals surface area contributed by atoms with E-state index >= 15 is 0 Å². The minimum absolute atomic E-state index is 0.222. The van der Waals surface area contributed by atoms with E-state index < -0.39 is 0 Å². The highest BCUT2D eigenvalue weighted by atomic mass is 16.1. The number of carbonyl (C=O) groups is 1. The zero-order chi connectivity index (χ0) is 5.61. The van der Waals surface area contributed by atoms with Gasteiger partial charge in [0.25, 0.3) is 0 Å². The van der Waals surface area contributed by atoms with Crippen molar-refractivity contribution in [1.29, 1.82) is 0 Å². The highest BCUT2D eigenvalue weighted by Crippen LogP contribution is 2.59. The van der Waals surface area contributed by atoms with E-state index in [0.717, 1.165) is 5.92 Å². The van der Waals surface area contributed by atoms with Crippen LogP contribution in [0.4, 0.5) is 0 Å². The third-order valence-electron chi connectivity index (χ3n) is 2.45. The summed E-state index contributed by atoms with van der Waals surface area (Å²) >= 11 is 0. The molecule has 2 rings (SSSR count). The first kappa shape index (κ1) is 4.54. The van der Waals surface area contributed by atoms with Crippen LogP contribution in [0.25, 0.3) is 0 Å². The lowest BCUT2D eigenvalue weighted by atomic mass is 10.0. The van der Waals surface area contributed by atoms with Crippen molar-refractivity contribution in [2.75, 3.05) is 0 Å². The molecule has 1 nitrogen and oxygen atoms in total. The largest absolute Gasteiger partial charge is 0.303 e. The Hall–Kier alpha value is -0.330. The molecule has 2 aliphatic carbocycles. The Morgan fingerprint density at radius 1 is 1.38 bits per heavy atom. The average molecular weight is 110 g/mol. The van der Waals surface area contributed by atoms with E-state index in [0.29, 0.717) is 0 Å². The number of carbonyl (C=O) groups excluding carboxylic acids is 1. The Kier molecular flexibility index (Phi) is 0.651. The molecule has 0 spiro atoms.